The number of nitrogens with one attached hydrogen (secondary N) is 1. The summed E-state index contributed by atoms with van der Waals surface area (Å²) in [7, 11) is 0. The van der Waals surface area contributed by atoms with E-state index in [9.17, 15) is 9.18 Å². The van der Waals surface area contributed by atoms with Crippen LogP contribution in [0.15, 0.2) is 18.2 Å². The Labute approximate surface area is 98.5 Å². The molecule has 0 saturated carbocycles. The van der Waals surface area contributed by atoms with Gasteiger partial charge in [0, 0.05) is 24.1 Å². The number of rotatable bonds is 5. The van der Waals surface area contributed by atoms with Crippen molar-refractivity contribution in [3.8, 4) is 5.75 Å². The van der Waals surface area contributed by atoms with Crippen molar-refractivity contribution in [2.24, 2.45) is 0 Å². The van der Waals surface area contributed by atoms with Gasteiger partial charge >= 0.3 is 0 Å². The van der Waals surface area contributed by atoms with Crippen LogP contribution in [0.4, 0.5) is 10.1 Å². The lowest BCUT2D eigenvalue weighted by molar-refractivity contribution is -0.115. The summed E-state index contributed by atoms with van der Waals surface area (Å²) in [4.78, 5) is 11.2. The minimum absolute atomic E-state index is 0.179. The quantitative estimate of drug-likeness (QED) is 0.810. The number of amides is 1. The van der Waals surface area contributed by atoms with Crippen LogP contribution in [0.3, 0.4) is 0 Å². The Kier molecular flexibility index (Phi) is 5.05. The van der Waals surface area contributed by atoms with Crippen LogP contribution >= 0.6 is 11.6 Å². The molecule has 0 aromatic heterocycles. The van der Waals surface area contributed by atoms with Crippen molar-refractivity contribution in [3.63, 3.8) is 0 Å². The van der Waals surface area contributed by atoms with E-state index in [0.717, 1.165) is 0 Å². The molecule has 0 aliphatic heterocycles. The third kappa shape index (κ3) is 3.70. The lowest BCUT2D eigenvalue weighted by Gasteiger charge is -2.07. The molecular formula is C11H13ClFNO2. The first-order chi connectivity index (χ1) is 7.67. The normalized spacial score (nSPS) is 9.94. The third-order valence-corrected chi connectivity index (χ3v) is 2.03. The summed E-state index contributed by atoms with van der Waals surface area (Å²) in [5.41, 5.74) is 0.399. The molecule has 0 radical (unpaired) electrons. The van der Waals surface area contributed by atoms with Gasteiger partial charge < -0.3 is 10.1 Å². The number of hydrogen-bond acceptors (Lipinski definition) is 2. The maximum Gasteiger partial charge on any atom is 0.225 e. The van der Waals surface area contributed by atoms with Gasteiger partial charge in [-0.1, -0.05) is 0 Å². The summed E-state index contributed by atoms with van der Waals surface area (Å²) in [5.74, 6) is -0.312. The predicted octanol–water partition coefficient (Wildman–Crippen LogP) is 2.79. The SMILES string of the molecule is CCOc1ccc(NC(=O)CCCl)cc1F. The van der Waals surface area contributed by atoms with Gasteiger partial charge in [-0.3, -0.25) is 4.79 Å². The molecule has 0 aliphatic carbocycles. The van der Waals surface area contributed by atoms with Crippen LogP contribution in [0, 0.1) is 5.82 Å². The minimum Gasteiger partial charge on any atom is -0.491 e. The lowest BCUT2D eigenvalue weighted by Crippen LogP contribution is -2.11. The van der Waals surface area contributed by atoms with Crippen LogP contribution in [-0.4, -0.2) is 18.4 Å². The molecule has 0 spiro atoms. The zero-order chi connectivity index (χ0) is 12.0. The van der Waals surface area contributed by atoms with Crippen molar-refractivity contribution in [3.05, 3.63) is 24.0 Å². The van der Waals surface area contributed by atoms with E-state index < -0.39 is 5.82 Å². The van der Waals surface area contributed by atoms with Crippen molar-refractivity contribution in [2.45, 2.75) is 13.3 Å². The maximum atomic E-state index is 13.4. The molecule has 0 atom stereocenters. The molecular weight excluding hydrogens is 233 g/mol. The average Bonchev–Trinajstić information content (AvgIpc) is 2.22. The predicted molar refractivity (Wildman–Crippen MR) is 61.5 cm³/mol. The summed E-state index contributed by atoms with van der Waals surface area (Å²) >= 11 is 5.41. The Hall–Kier alpha value is -1.29. The molecule has 0 heterocycles. The van der Waals surface area contributed by atoms with Crippen molar-refractivity contribution in [2.75, 3.05) is 17.8 Å². The summed E-state index contributed by atoms with van der Waals surface area (Å²) in [6.07, 6.45) is 0.205. The van der Waals surface area contributed by atoms with Crippen LogP contribution in [0.2, 0.25) is 0 Å². The van der Waals surface area contributed by atoms with Gasteiger partial charge in [0.1, 0.15) is 0 Å². The van der Waals surface area contributed by atoms with E-state index in [-0.39, 0.29) is 24.0 Å². The monoisotopic (exact) mass is 245 g/mol. The molecule has 3 nitrogen and oxygen atoms in total. The number of halogens is 2. The molecule has 0 fully saturated rings. The average molecular weight is 246 g/mol. The number of carbonyl (C=O) groups excluding carboxylic acids is 1. The highest BCUT2D eigenvalue weighted by atomic mass is 35.5. The van der Waals surface area contributed by atoms with Gasteiger partial charge in [0.05, 0.1) is 6.61 Å². The van der Waals surface area contributed by atoms with Gasteiger partial charge in [-0.15, -0.1) is 11.6 Å². The van der Waals surface area contributed by atoms with E-state index in [1.165, 1.54) is 12.1 Å². The molecule has 5 heteroatoms. The van der Waals surface area contributed by atoms with Gasteiger partial charge in [0.25, 0.3) is 0 Å². The first-order valence-electron chi connectivity index (χ1n) is 4.95. The molecule has 88 valence electrons. The Bertz CT molecular complexity index is 371. The third-order valence-electron chi connectivity index (χ3n) is 1.84. The largest absolute Gasteiger partial charge is 0.491 e. The highest BCUT2D eigenvalue weighted by molar-refractivity contribution is 6.19. The van der Waals surface area contributed by atoms with Gasteiger partial charge in [0.2, 0.25) is 5.91 Å². The molecule has 0 saturated heterocycles. The highest BCUT2D eigenvalue weighted by Crippen LogP contribution is 2.21. The number of hydrogen-bond donors (Lipinski definition) is 1. The second kappa shape index (κ2) is 6.33. The van der Waals surface area contributed by atoms with Gasteiger partial charge in [-0.25, -0.2) is 4.39 Å². The Morgan fingerprint density at radius 1 is 1.56 bits per heavy atom. The van der Waals surface area contributed by atoms with Crippen LogP contribution in [0.1, 0.15) is 13.3 Å². The molecule has 1 rings (SSSR count). The zero-order valence-corrected chi connectivity index (χ0v) is 9.68. The summed E-state index contributed by atoms with van der Waals surface area (Å²) in [5, 5.41) is 2.53. The fourth-order valence-electron chi connectivity index (χ4n) is 1.16. The fourth-order valence-corrected chi connectivity index (χ4v) is 1.33. The second-order valence-electron chi connectivity index (χ2n) is 3.07. The van der Waals surface area contributed by atoms with Gasteiger partial charge in [-0.05, 0) is 19.1 Å². The number of benzene rings is 1. The Morgan fingerprint density at radius 3 is 2.88 bits per heavy atom. The first kappa shape index (κ1) is 12.8. The summed E-state index contributed by atoms with van der Waals surface area (Å²) in [6, 6.07) is 4.28. The zero-order valence-electron chi connectivity index (χ0n) is 8.93. The number of ether oxygens (including phenoxy) is 1. The van der Waals surface area contributed by atoms with E-state index in [1.807, 2.05) is 0 Å². The van der Waals surface area contributed by atoms with Crippen molar-refractivity contribution in [1.82, 2.24) is 0 Å². The number of anilines is 1. The van der Waals surface area contributed by atoms with Gasteiger partial charge in [-0.2, -0.15) is 0 Å². The van der Waals surface area contributed by atoms with E-state index in [4.69, 9.17) is 16.3 Å². The van der Waals surface area contributed by atoms with Crippen LogP contribution in [0.25, 0.3) is 0 Å². The van der Waals surface area contributed by atoms with Crippen LogP contribution in [-0.2, 0) is 4.79 Å². The number of alkyl halides is 1. The van der Waals surface area contributed by atoms with E-state index in [2.05, 4.69) is 5.32 Å². The van der Waals surface area contributed by atoms with E-state index in [0.29, 0.717) is 12.3 Å². The number of carbonyl (C=O) groups is 1. The van der Waals surface area contributed by atoms with Crippen LogP contribution < -0.4 is 10.1 Å². The summed E-state index contributed by atoms with van der Waals surface area (Å²) < 4.78 is 18.4. The molecule has 1 N–H and O–H groups in total. The topological polar surface area (TPSA) is 38.3 Å². The van der Waals surface area contributed by atoms with Gasteiger partial charge in [0.15, 0.2) is 11.6 Å². The molecule has 1 aromatic rings. The molecule has 1 aromatic carbocycles. The van der Waals surface area contributed by atoms with Crippen molar-refractivity contribution >= 4 is 23.2 Å². The molecule has 0 bridgehead atoms. The molecule has 1 amide bonds. The maximum absolute atomic E-state index is 13.4. The summed E-state index contributed by atoms with van der Waals surface area (Å²) in [6.45, 7) is 2.17. The van der Waals surface area contributed by atoms with Crippen molar-refractivity contribution < 1.29 is 13.9 Å². The highest BCUT2D eigenvalue weighted by Gasteiger charge is 2.06. The fraction of sp³-hybridized carbons (Fsp3) is 0.364. The first-order valence-corrected chi connectivity index (χ1v) is 5.49. The second-order valence-corrected chi connectivity index (χ2v) is 3.44. The smallest absolute Gasteiger partial charge is 0.225 e. The lowest BCUT2D eigenvalue weighted by atomic mass is 10.3. The standard InChI is InChI=1S/C11H13ClFNO2/c1-2-16-10-4-3-8(7-9(10)13)14-11(15)5-6-12/h3-4,7H,2,5-6H2,1H3,(H,14,15). The minimum atomic E-state index is -0.495. The van der Waals surface area contributed by atoms with E-state index >= 15 is 0 Å². The Balaban J connectivity index is 2.69. The van der Waals surface area contributed by atoms with E-state index in [1.54, 1.807) is 13.0 Å². The molecule has 16 heavy (non-hydrogen) atoms. The Morgan fingerprint density at radius 2 is 2.31 bits per heavy atom. The molecule has 0 unspecified atom stereocenters. The van der Waals surface area contributed by atoms with Crippen molar-refractivity contribution in [1.29, 1.82) is 0 Å². The van der Waals surface area contributed by atoms with Crippen LogP contribution in [0.5, 0.6) is 5.75 Å². The molecule has 0 aliphatic rings.